The van der Waals surface area contributed by atoms with E-state index in [9.17, 15) is 9.18 Å². The van der Waals surface area contributed by atoms with Crippen LogP contribution in [0.2, 0.25) is 0 Å². The second kappa shape index (κ2) is 6.80. The van der Waals surface area contributed by atoms with E-state index in [1.165, 1.54) is 24.1 Å². The van der Waals surface area contributed by atoms with E-state index in [0.29, 0.717) is 18.7 Å². The first-order valence-electron chi connectivity index (χ1n) is 5.49. The predicted octanol–water partition coefficient (Wildman–Crippen LogP) is 1.36. The van der Waals surface area contributed by atoms with E-state index >= 15 is 0 Å². The first kappa shape index (κ1) is 14.2. The monoisotopic (exact) mass is 256 g/mol. The Bertz CT molecular complexity index is 412. The first-order valence-corrected chi connectivity index (χ1v) is 5.49. The average molecular weight is 256 g/mol. The van der Waals surface area contributed by atoms with Crippen molar-refractivity contribution in [2.45, 2.75) is 6.61 Å². The van der Waals surface area contributed by atoms with E-state index in [1.807, 2.05) is 0 Å². The Kier molecular flexibility index (Phi) is 5.38. The molecule has 0 radical (unpaired) electrons. The van der Waals surface area contributed by atoms with Gasteiger partial charge in [0.25, 0.3) is 0 Å². The molecule has 0 atom stereocenters. The largest absolute Gasteiger partial charge is 0.494 e. The summed E-state index contributed by atoms with van der Waals surface area (Å²) in [6.07, 6.45) is -0.489. The molecule has 0 saturated heterocycles. The maximum Gasteiger partial charge on any atom is 0.409 e. The highest BCUT2D eigenvalue weighted by Gasteiger charge is 2.10. The number of nitrogens with zero attached hydrogens (tertiary/aromatic N) is 1. The summed E-state index contributed by atoms with van der Waals surface area (Å²) in [6.45, 7) is 0.785. The Morgan fingerprint density at radius 3 is 2.78 bits per heavy atom. The molecule has 0 aliphatic rings. The third kappa shape index (κ3) is 3.89. The molecule has 18 heavy (non-hydrogen) atoms. The number of benzene rings is 1. The van der Waals surface area contributed by atoms with Crippen LogP contribution in [0.1, 0.15) is 5.56 Å². The van der Waals surface area contributed by atoms with Gasteiger partial charge in [-0.25, -0.2) is 9.18 Å². The van der Waals surface area contributed by atoms with E-state index in [0.717, 1.165) is 0 Å². The summed E-state index contributed by atoms with van der Waals surface area (Å²) in [5.41, 5.74) is 5.87. The molecular weight excluding hydrogens is 239 g/mol. The van der Waals surface area contributed by atoms with Gasteiger partial charge in [-0.05, 0) is 17.7 Å². The molecule has 1 rings (SSSR count). The van der Waals surface area contributed by atoms with Crippen molar-refractivity contribution < 1.29 is 18.7 Å². The number of amides is 1. The van der Waals surface area contributed by atoms with Crippen LogP contribution in [0.3, 0.4) is 0 Å². The van der Waals surface area contributed by atoms with Gasteiger partial charge in [0.15, 0.2) is 11.6 Å². The number of methoxy groups -OCH3 is 1. The Hall–Kier alpha value is -1.82. The summed E-state index contributed by atoms with van der Waals surface area (Å²) in [5, 5.41) is 0. The van der Waals surface area contributed by atoms with Gasteiger partial charge in [-0.3, -0.25) is 0 Å². The third-order valence-electron chi connectivity index (χ3n) is 2.35. The van der Waals surface area contributed by atoms with Gasteiger partial charge in [0.05, 0.1) is 7.11 Å². The molecule has 0 heterocycles. The normalized spacial score (nSPS) is 10.0. The fourth-order valence-corrected chi connectivity index (χ4v) is 1.34. The van der Waals surface area contributed by atoms with Crippen LogP contribution in [0.4, 0.5) is 9.18 Å². The van der Waals surface area contributed by atoms with Crippen molar-refractivity contribution in [1.82, 2.24) is 4.90 Å². The Morgan fingerprint density at radius 1 is 1.50 bits per heavy atom. The van der Waals surface area contributed by atoms with Crippen molar-refractivity contribution in [1.29, 1.82) is 0 Å². The highest BCUT2D eigenvalue weighted by Crippen LogP contribution is 2.18. The number of ether oxygens (including phenoxy) is 2. The fourth-order valence-electron chi connectivity index (χ4n) is 1.34. The van der Waals surface area contributed by atoms with Gasteiger partial charge in [0.1, 0.15) is 6.61 Å². The molecule has 0 aliphatic carbocycles. The zero-order valence-electron chi connectivity index (χ0n) is 10.5. The highest BCUT2D eigenvalue weighted by molar-refractivity contribution is 5.67. The van der Waals surface area contributed by atoms with Crippen molar-refractivity contribution >= 4 is 6.09 Å². The van der Waals surface area contributed by atoms with Gasteiger partial charge < -0.3 is 20.1 Å². The molecule has 100 valence electrons. The number of rotatable bonds is 5. The molecular formula is C12H17FN2O3. The lowest BCUT2D eigenvalue weighted by Gasteiger charge is -2.15. The van der Waals surface area contributed by atoms with Gasteiger partial charge in [-0.15, -0.1) is 0 Å². The number of likely N-dealkylation sites (N-methyl/N-ethyl adjacent to an activating group) is 1. The molecule has 0 bridgehead atoms. The topological polar surface area (TPSA) is 64.8 Å². The maximum atomic E-state index is 13.4. The Morgan fingerprint density at radius 2 is 2.22 bits per heavy atom. The van der Waals surface area contributed by atoms with Gasteiger partial charge in [0, 0.05) is 20.1 Å². The predicted molar refractivity (Wildman–Crippen MR) is 64.8 cm³/mol. The fraction of sp³-hybridized carbons (Fsp3) is 0.417. The molecule has 1 amide bonds. The maximum absolute atomic E-state index is 13.4. The number of carbonyl (C=O) groups is 1. The molecule has 1 aromatic carbocycles. The number of carbonyl (C=O) groups excluding carboxylic acids is 1. The standard InChI is InChI=1S/C12H17FN2O3/c1-15(6-5-14)12(16)18-8-9-3-4-11(17-2)10(13)7-9/h3-4,7H,5-6,8,14H2,1-2H3. The molecule has 6 heteroatoms. The van der Waals surface area contributed by atoms with Crippen LogP contribution in [0.25, 0.3) is 0 Å². The van der Waals surface area contributed by atoms with Crippen molar-refractivity contribution in [3.63, 3.8) is 0 Å². The van der Waals surface area contributed by atoms with Gasteiger partial charge in [-0.1, -0.05) is 6.07 Å². The van der Waals surface area contributed by atoms with Crippen molar-refractivity contribution in [3.05, 3.63) is 29.6 Å². The molecule has 0 aromatic heterocycles. The van der Waals surface area contributed by atoms with Crippen LogP contribution in [0, 0.1) is 5.82 Å². The summed E-state index contributed by atoms with van der Waals surface area (Å²) in [6, 6.07) is 4.40. The zero-order valence-corrected chi connectivity index (χ0v) is 10.5. The molecule has 1 aromatic rings. The minimum absolute atomic E-state index is 0.00859. The lowest BCUT2D eigenvalue weighted by atomic mass is 10.2. The molecule has 2 N–H and O–H groups in total. The lowest BCUT2D eigenvalue weighted by Crippen LogP contribution is -2.32. The minimum atomic E-state index is -0.489. The average Bonchev–Trinajstić information content (AvgIpc) is 2.36. The second-order valence-electron chi connectivity index (χ2n) is 3.73. The third-order valence-corrected chi connectivity index (χ3v) is 2.35. The number of hydrogen-bond donors (Lipinski definition) is 1. The molecule has 0 spiro atoms. The van der Waals surface area contributed by atoms with E-state index in [4.69, 9.17) is 15.2 Å². The van der Waals surface area contributed by atoms with E-state index < -0.39 is 11.9 Å². The van der Waals surface area contributed by atoms with Crippen LogP contribution in [0.5, 0.6) is 5.75 Å². The van der Waals surface area contributed by atoms with Crippen LogP contribution >= 0.6 is 0 Å². The lowest BCUT2D eigenvalue weighted by molar-refractivity contribution is 0.105. The van der Waals surface area contributed by atoms with Crippen molar-refractivity contribution in [3.8, 4) is 5.75 Å². The summed E-state index contributed by atoms with van der Waals surface area (Å²) < 4.78 is 23.1. The van der Waals surface area contributed by atoms with Gasteiger partial charge in [0.2, 0.25) is 0 Å². The molecule has 0 unspecified atom stereocenters. The minimum Gasteiger partial charge on any atom is -0.494 e. The van der Waals surface area contributed by atoms with E-state index in [1.54, 1.807) is 13.1 Å². The van der Waals surface area contributed by atoms with E-state index in [2.05, 4.69) is 0 Å². The van der Waals surface area contributed by atoms with Crippen LogP contribution < -0.4 is 10.5 Å². The Balaban J connectivity index is 2.53. The first-order chi connectivity index (χ1) is 8.58. The van der Waals surface area contributed by atoms with Crippen LogP contribution in [-0.4, -0.2) is 38.2 Å². The van der Waals surface area contributed by atoms with Crippen molar-refractivity contribution in [2.24, 2.45) is 5.73 Å². The van der Waals surface area contributed by atoms with Gasteiger partial charge in [-0.2, -0.15) is 0 Å². The molecule has 0 fully saturated rings. The van der Waals surface area contributed by atoms with E-state index in [-0.39, 0.29) is 12.4 Å². The SMILES string of the molecule is COc1ccc(COC(=O)N(C)CCN)cc1F. The second-order valence-corrected chi connectivity index (χ2v) is 3.73. The zero-order chi connectivity index (χ0) is 13.5. The highest BCUT2D eigenvalue weighted by atomic mass is 19.1. The van der Waals surface area contributed by atoms with Crippen LogP contribution in [-0.2, 0) is 11.3 Å². The summed E-state index contributed by atoms with van der Waals surface area (Å²) in [5.74, 6) is -0.327. The number of nitrogens with two attached hydrogens (primary N) is 1. The van der Waals surface area contributed by atoms with Gasteiger partial charge >= 0.3 is 6.09 Å². The molecule has 0 aliphatic heterocycles. The smallest absolute Gasteiger partial charge is 0.409 e. The Labute approximate surface area is 105 Å². The summed E-state index contributed by atoms with van der Waals surface area (Å²) in [7, 11) is 2.98. The summed E-state index contributed by atoms with van der Waals surface area (Å²) >= 11 is 0. The molecule has 0 saturated carbocycles. The quantitative estimate of drug-likeness (QED) is 0.864. The van der Waals surface area contributed by atoms with Crippen molar-refractivity contribution in [2.75, 3.05) is 27.2 Å². The summed E-state index contributed by atoms with van der Waals surface area (Å²) in [4.78, 5) is 12.8. The number of halogens is 1. The van der Waals surface area contributed by atoms with Crippen LogP contribution in [0.15, 0.2) is 18.2 Å². The molecule has 5 nitrogen and oxygen atoms in total. The number of hydrogen-bond acceptors (Lipinski definition) is 4.